The van der Waals surface area contributed by atoms with Gasteiger partial charge in [0.25, 0.3) is 5.91 Å². The molecule has 19 heavy (non-hydrogen) atoms. The van der Waals surface area contributed by atoms with Crippen molar-refractivity contribution in [3.8, 4) is 0 Å². The zero-order valence-corrected chi connectivity index (χ0v) is 10.8. The van der Waals surface area contributed by atoms with E-state index < -0.39 is 0 Å². The minimum Gasteiger partial charge on any atom is -0.467 e. The first-order valence-corrected chi connectivity index (χ1v) is 6.19. The third-order valence-corrected chi connectivity index (χ3v) is 3.32. The third kappa shape index (κ3) is 2.94. The van der Waals surface area contributed by atoms with E-state index in [1.165, 1.54) is 6.26 Å². The number of rotatable bonds is 4. The molecule has 1 aromatic heterocycles. The summed E-state index contributed by atoms with van der Waals surface area (Å²) in [5.41, 5.74) is 2.43. The van der Waals surface area contributed by atoms with E-state index in [0.29, 0.717) is 17.9 Å². The van der Waals surface area contributed by atoms with Crippen LogP contribution in [0.5, 0.6) is 0 Å². The molecule has 2 rings (SSSR count). The number of hydrogen-bond acceptors (Lipinski definition) is 5. The summed E-state index contributed by atoms with van der Waals surface area (Å²) in [5, 5.41) is 2.66. The molecular weight excluding hydrogens is 248 g/mol. The van der Waals surface area contributed by atoms with Crippen LogP contribution in [0.15, 0.2) is 16.7 Å². The van der Waals surface area contributed by atoms with Crippen molar-refractivity contribution in [3.63, 3.8) is 0 Å². The number of carbonyl (C=O) groups is 2. The summed E-state index contributed by atoms with van der Waals surface area (Å²) in [7, 11) is 1.63. The van der Waals surface area contributed by atoms with Gasteiger partial charge in [0.15, 0.2) is 0 Å². The minimum absolute atomic E-state index is 0.0176. The van der Waals surface area contributed by atoms with Crippen molar-refractivity contribution in [2.24, 2.45) is 5.84 Å². The summed E-state index contributed by atoms with van der Waals surface area (Å²) in [6.07, 6.45) is 3.19. The number of carbonyl (C=O) groups excluding carboxylic acids is 2. The summed E-state index contributed by atoms with van der Waals surface area (Å²) >= 11 is 0. The number of nitrogens with two attached hydrogens (primary N) is 1. The van der Waals surface area contributed by atoms with Crippen LogP contribution in [-0.4, -0.2) is 36.3 Å². The third-order valence-electron chi connectivity index (χ3n) is 3.32. The molecule has 104 valence electrons. The molecule has 0 aliphatic carbocycles. The van der Waals surface area contributed by atoms with Gasteiger partial charge in [-0.25, -0.2) is 5.84 Å². The molecular formula is C12H18N4O3. The Balaban J connectivity index is 2.02. The van der Waals surface area contributed by atoms with E-state index in [-0.39, 0.29) is 17.9 Å². The van der Waals surface area contributed by atoms with Crippen LogP contribution in [-0.2, 0) is 11.3 Å². The van der Waals surface area contributed by atoms with Crippen LogP contribution in [0, 0.1) is 0 Å². The van der Waals surface area contributed by atoms with Gasteiger partial charge in [0, 0.05) is 7.05 Å². The van der Waals surface area contributed by atoms with Gasteiger partial charge in [-0.3, -0.25) is 19.9 Å². The molecule has 2 heterocycles. The largest absolute Gasteiger partial charge is 0.467 e. The van der Waals surface area contributed by atoms with Gasteiger partial charge < -0.3 is 9.73 Å². The molecule has 1 aliphatic heterocycles. The van der Waals surface area contributed by atoms with Crippen LogP contribution in [0.4, 0.5) is 0 Å². The summed E-state index contributed by atoms with van der Waals surface area (Å²) < 4.78 is 5.32. The predicted molar refractivity (Wildman–Crippen MR) is 67.9 cm³/mol. The summed E-state index contributed by atoms with van der Waals surface area (Å²) in [6, 6.07) is 1.52. The lowest BCUT2D eigenvalue weighted by molar-refractivity contribution is -0.125. The van der Waals surface area contributed by atoms with Gasteiger partial charge in [-0.05, 0) is 25.5 Å². The normalized spacial score (nSPS) is 19.4. The van der Waals surface area contributed by atoms with Crippen LogP contribution < -0.4 is 16.6 Å². The molecule has 0 bridgehead atoms. The summed E-state index contributed by atoms with van der Waals surface area (Å²) in [4.78, 5) is 25.1. The molecule has 2 amide bonds. The van der Waals surface area contributed by atoms with Crippen LogP contribution in [0.1, 0.15) is 29.0 Å². The molecule has 1 unspecified atom stereocenters. The second kappa shape index (κ2) is 5.85. The molecule has 0 radical (unpaired) electrons. The number of hydrazine groups is 1. The van der Waals surface area contributed by atoms with E-state index in [9.17, 15) is 9.59 Å². The van der Waals surface area contributed by atoms with E-state index in [1.54, 1.807) is 13.1 Å². The fourth-order valence-electron chi connectivity index (χ4n) is 2.35. The van der Waals surface area contributed by atoms with Crippen molar-refractivity contribution in [1.82, 2.24) is 15.6 Å². The second-order valence-corrected chi connectivity index (χ2v) is 4.52. The van der Waals surface area contributed by atoms with E-state index in [0.717, 1.165) is 19.4 Å². The Labute approximate surface area is 111 Å². The maximum atomic E-state index is 11.7. The standard InChI is InChI=1S/C12H18N4O3/c1-14-12(18)10-3-2-4-16(10)6-9-5-8(7-19-9)11(17)15-13/h5,7,10H,2-4,6,13H2,1H3,(H,14,18)(H,15,17). The molecule has 4 N–H and O–H groups in total. The van der Waals surface area contributed by atoms with Crippen LogP contribution >= 0.6 is 0 Å². The smallest absolute Gasteiger partial charge is 0.268 e. The van der Waals surface area contributed by atoms with Crippen LogP contribution in [0.3, 0.4) is 0 Å². The lowest BCUT2D eigenvalue weighted by atomic mass is 10.2. The van der Waals surface area contributed by atoms with Gasteiger partial charge in [-0.1, -0.05) is 0 Å². The molecule has 7 heteroatoms. The molecule has 1 fully saturated rings. The molecule has 0 aromatic carbocycles. The fourth-order valence-corrected chi connectivity index (χ4v) is 2.35. The summed E-state index contributed by atoms with van der Waals surface area (Å²) in [5.74, 6) is 5.33. The second-order valence-electron chi connectivity index (χ2n) is 4.52. The topological polar surface area (TPSA) is 101 Å². The Bertz CT molecular complexity index is 471. The number of furan rings is 1. The Morgan fingerprint density at radius 1 is 1.58 bits per heavy atom. The van der Waals surface area contributed by atoms with Gasteiger partial charge in [0.2, 0.25) is 5.91 Å². The van der Waals surface area contributed by atoms with Crippen LogP contribution in [0.25, 0.3) is 0 Å². The Morgan fingerprint density at radius 3 is 3.05 bits per heavy atom. The Kier molecular flexibility index (Phi) is 4.18. The molecule has 1 aliphatic rings. The lowest BCUT2D eigenvalue weighted by Gasteiger charge is -2.21. The number of hydrogen-bond donors (Lipinski definition) is 3. The maximum absolute atomic E-state index is 11.7. The molecule has 1 saturated heterocycles. The van der Waals surface area contributed by atoms with Crippen molar-refractivity contribution in [2.45, 2.75) is 25.4 Å². The number of nitrogen functional groups attached to an aromatic ring is 1. The Morgan fingerprint density at radius 2 is 2.37 bits per heavy atom. The highest BCUT2D eigenvalue weighted by atomic mass is 16.3. The first kappa shape index (κ1) is 13.6. The van der Waals surface area contributed by atoms with Gasteiger partial charge in [0.1, 0.15) is 12.0 Å². The number of nitrogens with zero attached hydrogens (tertiary/aromatic N) is 1. The quantitative estimate of drug-likeness (QED) is 0.391. The molecule has 0 saturated carbocycles. The zero-order valence-electron chi connectivity index (χ0n) is 10.8. The van der Waals surface area contributed by atoms with E-state index >= 15 is 0 Å². The molecule has 1 atom stereocenters. The summed E-state index contributed by atoms with van der Waals surface area (Å²) in [6.45, 7) is 1.35. The minimum atomic E-state index is -0.390. The zero-order chi connectivity index (χ0) is 13.8. The van der Waals surface area contributed by atoms with Crippen molar-refractivity contribution in [2.75, 3.05) is 13.6 Å². The van der Waals surface area contributed by atoms with E-state index in [2.05, 4.69) is 5.32 Å². The van der Waals surface area contributed by atoms with Crippen molar-refractivity contribution in [3.05, 3.63) is 23.7 Å². The number of amides is 2. The Hall–Kier alpha value is -1.86. The predicted octanol–water partition coefficient (Wildman–Crippen LogP) is -0.406. The van der Waals surface area contributed by atoms with Crippen LogP contribution in [0.2, 0.25) is 0 Å². The number of nitrogens with one attached hydrogen (secondary N) is 2. The molecule has 0 spiro atoms. The molecule has 7 nitrogen and oxygen atoms in total. The van der Waals surface area contributed by atoms with Gasteiger partial charge in [-0.2, -0.15) is 0 Å². The maximum Gasteiger partial charge on any atom is 0.268 e. The van der Waals surface area contributed by atoms with Crippen molar-refractivity contribution >= 4 is 11.8 Å². The highest BCUT2D eigenvalue weighted by Crippen LogP contribution is 2.21. The van der Waals surface area contributed by atoms with E-state index in [1.807, 2.05) is 10.3 Å². The molecule has 1 aromatic rings. The highest BCUT2D eigenvalue weighted by molar-refractivity contribution is 5.93. The van der Waals surface area contributed by atoms with Gasteiger partial charge in [-0.15, -0.1) is 0 Å². The van der Waals surface area contributed by atoms with Crippen molar-refractivity contribution in [1.29, 1.82) is 0 Å². The fraction of sp³-hybridized carbons (Fsp3) is 0.500. The first-order chi connectivity index (χ1) is 9.15. The van der Waals surface area contributed by atoms with Crippen molar-refractivity contribution < 1.29 is 14.0 Å². The van der Waals surface area contributed by atoms with Gasteiger partial charge >= 0.3 is 0 Å². The number of likely N-dealkylation sites (tertiary alicyclic amines) is 1. The SMILES string of the molecule is CNC(=O)C1CCCN1Cc1cc(C(=O)NN)co1. The van der Waals surface area contributed by atoms with Gasteiger partial charge in [0.05, 0.1) is 18.2 Å². The van der Waals surface area contributed by atoms with E-state index in [4.69, 9.17) is 10.3 Å². The first-order valence-electron chi connectivity index (χ1n) is 6.19. The monoisotopic (exact) mass is 266 g/mol. The average Bonchev–Trinajstić information content (AvgIpc) is 3.06. The lowest BCUT2D eigenvalue weighted by Crippen LogP contribution is -2.41. The number of likely N-dealkylation sites (N-methyl/N-ethyl adjacent to an activating group) is 1. The average molecular weight is 266 g/mol. The highest BCUT2D eigenvalue weighted by Gasteiger charge is 2.30.